The fourth-order valence-corrected chi connectivity index (χ4v) is 4.21. The van der Waals surface area contributed by atoms with Crippen molar-refractivity contribution < 1.29 is 4.79 Å². The number of nitrogens with zero attached hydrogens (tertiary/aromatic N) is 1. The molecule has 1 heterocycles. The lowest BCUT2D eigenvalue weighted by Gasteiger charge is -2.26. The number of aromatic amines is 1. The van der Waals surface area contributed by atoms with Gasteiger partial charge in [0, 0.05) is 22.3 Å². The van der Waals surface area contributed by atoms with Crippen LogP contribution in [0.15, 0.2) is 71.5 Å². The fraction of sp³-hybridized carbons (Fsp3) is 0.267. The topological polar surface area (TPSA) is 53.2 Å². The second-order valence-corrected chi connectivity index (χ2v) is 10.2. The van der Waals surface area contributed by atoms with Crippen molar-refractivity contribution in [2.75, 3.05) is 4.90 Å². The number of benzene rings is 3. The second kappa shape index (κ2) is 8.94. The number of aryl methyl sites for hydroxylation is 2. The van der Waals surface area contributed by atoms with Gasteiger partial charge in [0.05, 0.1) is 6.54 Å². The van der Waals surface area contributed by atoms with E-state index >= 15 is 0 Å². The van der Waals surface area contributed by atoms with Crippen LogP contribution in [-0.2, 0) is 12.0 Å². The van der Waals surface area contributed by atoms with Crippen molar-refractivity contribution in [3.8, 4) is 0 Å². The summed E-state index contributed by atoms with van der Waals surface area (Å²) in [5.41, 5.74) is 6.97. The Labute approximate surface area is 201 Å². The van der Waals surface area contributed by atoms with Gasteiger partial charge in [-0.15, -0.1) is 0 Å². The van der Waals surface area contributed by atoms with Gasteiger partial charge in [0.15, 0.2) is 0 Å². The number of H-pyrrole nitrogens is 1. The Morgan fingerprint density at radius 1 is 0.912 bits per heavy atom. The van der Waals surface area contributed by atoms with Crippen LogP contribution in [0.25, 0.3) is 10.9 Å². The largest absolute Gasteiger partial charge is 0.322 e. The predicted octanol–water partition coefficient (Wildman–Crippen LogP) is 6.60. The van der Waals surface area contributed by atoms with Crippen molar-refractivity contribution in [3.05, 3.63) is 110 Å². The van der Waals surface area contributed by atoms with Crippen molar-refractivity contribution in [1.29, 1.82) is 0 Å². The standard InChI is InChI=1S/C30H32N2O2/c1-19-10-11-23-17-24(28(33)31-26(23)16-19)18-32(27-9-7-8-20(2)21(27)3)29(34)22-12-14-25(15-13-22)30(4,5)6/h7-17H,18H2,1-6H3,(H,31,33). The second-order valence-electron chi connectivity index (χ2n) is 10.2. The third-order valence-electron chi connectivity index (χ3n) is 6.52. The SMILES string of the molecule is Cc1ccc2cc(CN(C(=O)c3ccc(C(C)(C)C)cc3)c3cccc(C)c3C)c(=O)[nH]c2c1. The summed E-state index contributed by atoms with van der Waals surface area (Å²) in [4.78, 5) is 31.5. The van der Waals surface area contributed by atoms with Gasteiger partial charge in [-0.3, -0.25) is 9.59 Å². The molecular formula is C30H32N2O2. The van der Waals surface area contributed by atoms with Crippen LogP contribution in [0.2, 0.25) is 0 Å². The molecule has 0 aliphatic heterocycles. The van der Waals surface area contributed by atoms with Gasteiger partial charge >= 0.3 is 0 Å². The van der Waals surface area contributed by atoms with E-state index in [1.807, 2.05) is 87.5 Å². The highest BCUT2D eigenvalue weighted by molar-refractivity contribution is 6.06. The summed E-state index contributed by atoms with van der Waals surface area (Å²) in [7, 11) is 0. The molecule has 4 rings (SSSR count). The van der Waals surface area contributed by atoms with Crippen molar-refractivity contribution in [3.63, 3.8) is 0 Å². The number of nitrogens with one attached hydrogen (secondary N) is 1. The van der Waals surface area contributed by atoms with Crippen LogP contribution in [0.3, 0.4) is 0 Å². The van der Waals surface area contributed by atoms with E-state index in [9.17, 15) is 9.59 Å². The van der Waals surface area contributed by atoms with Crippen LogP contribution in [0, 0.1) is 20.8 Å². The highest BCUT2D eigenvalue weighted by atomic mass is 16.2. The zero-order valence-electron chi connectivity index (χ0n) is 20.8. The molecule has 0 saturated heterocycles. The maximum absolute atomic E-state index is 13.8. The smallest absolute Gasteiger partial charge is 0.258 e. The Morgan fingerprint density at radius 3 is 2.29 bits per heavy atom. The molecular weight excluding hydrogens is 420 g/mol. The Kier molecular flexibility index (Phi) is 6.18. The molecule has 0 atom stereocenters. The van der Waals surface area contributed by atoms with Gasteiger partial charge in [-0.05, 0) is 84.2 Å². The Hall–Kier alpha value is -3.66. The zero-order valence-corrected chi connectivity index (χ0v) is 20.8. The van der Waals surface area contributed by atoms with Gasteiger partial charge in [0.1, 0.15) is 0 Å². The number of pyridine rings is 1. The monoisotopic (exact) mass is 452 g/mol. The lowest BCUT2D eigenvalue weighted by molar-refractivity contribution is 0.0985. The summed E-state index contributed by atoms with van der Waals surface area (Å²) >= 11 is 0. The first kappa shape index (κ1) is 23.5. The number of aromatic nitrogens is 1. The average molecular weight is 453 g/mol. The van der Waals surface area contributed by atoms with Crippen LogP contribution in [0.5, 0.6) is 0 Å². The molecule has 0 aliphatic carbocycles. The number of fused-ring (bicyclic) bond motifs is 1. The highest BCUT2D eigenvalue weighted by Gasteiger charge is 2.23. The van der Waals surface area contributed by atoms with E-state index in [1.165, 1.54) is 5.56 Å². The summed E-state index contributed by atoms with van der Waals surface area (Å²) in [6.07, 6.45) is 0. The van der Waals surface area contributed by atoms with E-state index in [-0.39, 0.29) is 23.4 Å². The maximum Gasteiger partial charge on any atom is 0.258 e. The number of rotatable bonds is 4. The number of carbonyl (C=O) groups is 1. The molecule has 0 saturated carbocycles. The van der Waals surface area contributed by atoms with E-state index in [0.29, 0.717) is 11.1 Å². The Morgan fingerprint density at radius 2 is 1.62 bits per heavy atom. The van der Waals surface area contributed by atoms with Crippen molar-refractivity contribution in [2.24, 2.45) is 0 Å². The summed E-state index contributed by atoms with van der Waals surface area (Å²) in [5.74, 6) is -0.127. The fourth-order valence-electron chi connectivity index (χ4n) is 4.21. The van der Waals surface area contributed by atoms with Crippen molar-refractivity contribution >= 4 is 22.5 Å². The quantitative estimate of drug-likeness (QED) is 0.379. The van der Waals surface area contributed by atoms with E-state index in [4.69, 9.17) is 0 Å². The molecule has 0 aliphatic rings. The average Bonchev–Trinajstić information content (AvgIpc) is 2.79. The molecule has 0 spiro atoms. The van der Waals surface area contributed by atoms with Crippen LogP contribution >= 0.6 is 0 Å². The molecule has 0 radical (unpaired) electrons. The summed E-state index contributed by atoms with van der Waals surface area (Å²) in [5, 5.41) is 0.947. The predicted molar refractivity (Wildman–Crippen MR) is 141 cm³/mol. The molecule has 4 nitrogen and oxygen atoms in total. The van der Waals surface area contributed by atoms with Gasteiger partial charge in [-0.25, -0.2) is 0 Å². The van der Waals surface area contributed by atoms with E-state index in [1.54, 1.807) is 4.90 Å². The van der Waals surface area contributed by atoms with E-state index in [0.717, 1.165) is 33.3 Å². The molecule has 0 unspecified atom stereocenters. The lowest BCUT2D eigenvalue weighted by Crippen LogP contribution is -2.33. The number of amides is 1. The Bertz CT molecular complexity index is 1420. The van der Waals surface area contributed by atoms with Gasteiger partial charge in [0.25, 0.3) is 11.5 Å². The van der Waals surface area contributed by atoms with Gasteiger partial charge in [0.2, 0.25) is 0 Å². The highest BCUT2D eigenvalue weighted by Crippen LogP contribution is 2.28. The van der Waals surface area contributed by atoms with Crippen LogP contribution < -0.4 is 10.5 Å². The summed E-state index contributed by atoms with van der Waals surface area (Å²) < 4.78 is 0. The summed E-state index contributed by atoms with van der Waals surface area (Å²) in [6.45, 7) is 12.7. The van der Waals surface area contributed by atoms with Gasteiger partial charge in [-0.1, -0.05) is 57.2 Å². The van der Waals surface area contributed by atoms with Gasteiger partial charge < -0.3 is 9.88 Å². The molecule has 0 bridgehead atoms. The first-order chi connectivity index (χ1) is 16.0. The minimum Gasteiger partial charge on any atom is -0.322 e. The Balaban J connectivity index is 1.79. The third kappa shape index (κ3) is 4.67. The number of hydrogen-bond donors (Lipinski definition) is 1. The molecule has 4 aromatic rings. The van der Waals surface area contributed by atoms with E-state index < -0.39 is 0 Å². The number of anilines is 1. The van der Waals surface area contributed by atoms with Crippen molar-refractivity contribution in [2.45, 2.75) is 53.5 Å². The minimum atomic E-state index is -0.177. The van der Waals surface area contributed by atoms with Crippen molar-refractivity contribution in [1.82, 2.24) is 4.98 Å². The number of hydrogen-bond acceptors (Lipinski definition) is 2. The zero-order chi connectivity index (χ0) is 24.6. The van der Waals surface area contributed by atoms with Gasteiger partial charge in [-0.2, -0.15) is 0 Å². The minimum absolute atomic E-state index is 0.00510. The molecule has 34 heavy (non-hydrogen) atoms. The normalized spacial score (nSPS) is 11.6. The molecule has 3 aromatic carbocycles. The first-order valence-corrected chi connectivity index (χ1v) is 11.7. The molecule has 4 heteroatoms. The molecule has 1 N–H and O–H groups in total. The van der Waals surface area contributed by atoms with Crippen LogP contribution in [0.4, 0.5) is 5.69 Å². The molecule has 1 amide bonds. The molecule has 174 valence electrons. The molecule has 1 aromatic heterocycles. The maximum atomic E-state index is 13.8. The van der Waals surface area contributed by atoms with Crippen LogP contribution in [-0.4, -0.2) is 10.9 Å². The lowest BCUT2D eigenvalue weighted by atomic mass is 9.86. The van der Waals surface area contributed by atoms with E-state index in [2.05, 4.69) is 25.8 Å². The summed E-state index contributed by atoms with van der Waals surface area (Å²) in [6, 6.07) is 21.6. The van der Waals surface area contributed by atoms with Crippen LogP contribution in [0.1, 0.15) is 58.9 Å². The number of carbonyl (C=O) groups excluding carboxylic acids is 1. The third-order valence-corrected chi connectivity index (χ3v) is 6.52. The molecule has 0 fully saturated rings. The first-order valence-electron chi connectivity index (χ1n) is 11.7.